The van der Waals surface area contributed by atoms with Gasteiger partial charge in [-0.1, -0.05) is 0 Å². The van der Waals surface area contributed by atoms with Crippen LogP contribution >= 0.6 is 0 Å². The molecule has 0 aliphatic carbocycles. The fourth-order valence-electron chi connectivity index (χ4n) is 0.907. The van der Waals surface area contributed by atoms with Gasteiger partial charge >= 0.3 is 17.1 Å². The first-order chi connectivity index (χ1) is 9.29. The van der Waals surface area contributed by atoms with Gasteiger partial charge < -0.3 is 57.2 Å². The summed E-state index contributed by atoms with van der Waals surface area (Å²) >= 11 is 8.90. The van der Waals surface area contributed by atoms with Crippen molar-refractivity contribution in [2.24, 2.45) is 31.9 Å². The zero-order valence-corrected chi connectivity index (χ0v) is 13.2. The summed E-state index contributed by atoms with van der Waals surface area (Å²) in [5.41, 5.74) is 9.84. The summed E-state index contributed by atoms with van der Waals surface area (Å²) in [6.07, 6.45) is -4.17. The maximum absolute atomic E-state index is 9.76. The van der Waals surface area contributed by atoms with E-state index in [9.17, 15) is 15.3 Å². The van der Waals surface area contributed by atoms with E-state index in [4.69, 9.17) is 16.6 Å². The van der Waals surface area contributed by atoms with Crippen molar-refractivity contribution in [1.29, 1.82) is 0 Å². The van der Waals surface area contributed by atoms with Crippen molar-refractivity contribution in [3.8, 4) is 0 Å². The van der Waals surface area contributed by atoms with Gasteiger partial charge in [0.25, 0.3) is 0 Å². The Bertz CT molecular complexity index is 425. The maximum atomic E-state index is 9.76. The third kappa shape index (κ3) is 9.60. The molecule has 8 N–H and O–H groups in total. The quantitative estimate of drug-likeness (QED) is 0.0855. The number of hydrogen-bond acceptors (Lipinski definition) is 10. The molecule has 0 saturated heterocycles. The number of amidine groups is 2. The first kappa shape index (κ1) is 22.4. The van der Waals surface area contributed by atoms with E-state index in [0.717, 1.165) is 6.21 Å². The fraction of sp³-hybridized carbons (Fsp3) is 0.500. The molecule has 0 amide bonds. The monoisotopic (exact) mass is 378 g/mol. The molecule has 13 heteroatoms. The fourth-order valence-corrected chi connectivity index (χ4v) is 0.995. The summed E-state index contributed by atoms with van der Waals surface area (Å²) in [6.45, 7) is -0.771. The Morgan fingerprint density at radius 3 is 2.00 bits per heavy atom. The molecule has 0 aromatic carbocycles. The smallest absolute Gasteiger partial charge is 0.741 e. The molecule has 3 unspecified atom stereocenters. The summed E-state index contributed by atoms with van der Waals surface area (Å²) in [6, 6.07) is 0. The van der Waals surface area contributed by atoms with Crippen LogP contribution in [0.2, 0.25) is 0 Å². The molecule has 21 heavy (non-hydrogen) atoms. The Morgan fingerprint density at radius 2 is 1.57 bits per heavy atom. The van der Waals surface area contributed by atoms with Gasteiger partial charge in [0, 0.05) is 0 Å². The second kappa shape index (κ2) is 11.7. The minimum Gasteiger partial charge on any atom is -0.741 e. The number of nitrogens with two attached hydrogens (primary N) is 2. The van der Waals surface area contributed by atoms with Crippen LogP contribution in [0.3, 0.4) is 0 Å². The second-order valence-corrected chi connectivity index (χ2v) is 4.17. The molecule has 0 spiro atoms. The SMILES string of the molecule is N\C([S-])=N/N=C\C(=N/N=C(\N)[S-])C(O)C(O)C(O)CO.[Fe+2]. The van der Waals surface area contributed by atoms with E-state index < -0.39 is 24.9 Å². The average Bonchev–Trinajstić information content (AvgIpc) is 2.39. The van der Waals surface area contributed by atoms with Crippen LogP contribution in [-0.4, -0.2) is 67.6 Å². The van der Waals surface area contributed by atoms with Gasteiger partial charge in [-0.25, -0.2) is 0 Å². The Balaban J connectivity index is 0. The van der Waals surface area contributed by atoms with E-state index in [1.54, 1.807) is 0 Å². The van der Waals surface area contributed by atoms with Gasteiger partial charge in [0.15, 0.2) is 0 Å². The van der Waals surface area contributed by atoms with Crippen molar-refractivity contribution in [1.82, 2.24) is 0 Å². The molecule has 0 heterocycles. The first-order valence-electron chi connectivity index (χ1n) is 5.06. The van der Waals surface area contributed by atoms with Crippen LogP contribution in [0.4, 0.5) is 0 Å². The standard InChI is InChI=1S/C8H16N6O4S2.Fe/c9-7(19)13-11-1-3(12-14-8(10)20)5(17)6(18)4(16)2-15;/h1,4-6,15-18H,2H2,(H3,9,13,19)(H3,10,14,20);/q;+2/p-2/b11-1-,12-3+;. The van der Waals surface area contributed by atoms with Crippen molar-refractivity contribution in [2.45, 2.75) is 18.3 Å². The average molecular weight is 378 g/mol. The van der Waals surface area contributed by atoms with E-state index in [1.165, 1.54) is 0 Å². The Kier molecular flexibility index (Phi) is 12.5. The molecule has 0 aromatic rings. The number of aliphatic hydroxyl groups excluding tert-OH is 4. The summed E-state index contributed by atoms with van der Waals surface area (Å²) in [7, 11) is 0. The summed E-state index contributed by atoms with van der Waals surface area (Å²) in [5.74, 6) is 0. The van der Waals surface area contributed by atoms with Crippen LogP contribution in [0.15, 0.2) is 20.4 Å². The number of nitrogens with zero attached hydrogens (tertiary/aromatic N) is 4. The molecule has 0 bridgehead atoms. The minimum atomic E-state index is -1.74. The molecule has 0 rings (SSSR count). The summed E-state index contributed by atoms with van der Waals surface area (Å²) in [5, 5.41) is 50.0. The zero-order chi connectivity index (χ0) is 15.7. The molecule has 0 aliphatic heterocycles. The molecule has 0 fully saturated rings. The Hall–Kier alpha value is -0.921. The molecule has 0 aromatic heterocycles. The van der Waals surface area contributed by atoms with Gasteiger partial charge in [0.2, 0.25) is 0 Å². The molecular weight excluding hydrogens is 364 g/mol. The molecule has 0 saturated carbocycles. The van der Waals surface area contributed by atoms with E-state index in [1.807, 2.05) is 0 Å². The third-order valence-electron chi connectivity index (χ3n) is 1.82. The van der Waals surface area contributed by atoms with Crippen LogP contribution in [0, 0.1) is 0 Å². The predicted octanol–water partition coefficient (Wildman–Crippen LogP) is -3.88. The third-order valence-corrected chi connectivity index (χ3v) is 1.98. The number of rotatable bonds is 7. The van der Waals surface area contributed by atoms with E-state index in [0.29, 0.717) is 0 Å². The Labute approximate surface area is 142 Å². The maximum Gasteiger partial charge on any atom is 2.00 e. The van der Waals surface area contributed by atoms with Crippen LogP contribution < -0.4 is 11.5 Å². The van der Waals surface area contributed by atoms with Gasteiger partial charge in [-0.05, 0) is 10.3 Å². The van der Waals surface area contributed by atoms with Crippen molar-refractivity contribution in [2.75, 3.05) is 6.61 Å². The van der Waals surface area contributed by atoms with Gasteiger partial charge in [-0.15, -0.1) is 0 Å². The first-order valence-corrected chi connectivity index (χ1v) is 5.87. The van der Waals surface area contributed by atoms with Crippen molar-refractivity contribution in [3.63, 3.8) is 0 Å². The van der Waals surface area contributed by atoms with Crippen LogP contribution in [0.5, 0.6) is 0 Å². The van der Waals surface area contributed by atoms with E-state index >= 15 is 0 Å². The Morgan fingerprint density at radius 1 is 1.05 bits per heavy atom. The molecule has 0 radical (unpaired) electrons. The van der Waals surface area contributed by atoms with E-state index in [2.05, 4.69) is 45.7 Å². The zero-order valence-electron chi connectivity index (χ0n) is 10.4. The van der Waals surface area contributed by atoms with Gasteiger partial charge in [0.1, 0.15) is 24.0 Å². The second-order valence-electron chi connectivity index (χ2n) is 3.33. The topological polar surface area (TPSA) is 182 Å². The van der Waals surface area contributed by atoms with Crippen molar-refractivity contribution >= 4 is 47.5 Å². The van der Waals surface area contributed by atoms with Crippen LogP contribution in [0.25, 0.3) is 0 Å². The summed E-state index contributed by atoms with van der Waals surface area (Å²) in [4.78, 5) is 0. The number of hydrogen-bond donors (Lipinski definition) is 6. The molecule has 10 nitrogen and oxygen atoms in total. The van der Waals surface area contributed by atoms with E-state index in [-0.39, 0.29) is 33.1 Å². The van der Waals surface area contributed by atoms with Crippen LogP contribution in [-0.2, 0) is 42.3 Å². The molecular formula is C8H14FeN6O4S2. The van der Waals surface area contributed by atoms with Gasteiger partial charge in [0.05, 0.1) is 12.8 Å². The largest absolute Gasteiger partial charge is 2.00 e. The predicted molar refractivity (Wildman–Crippen MR) is 79.0 cm³/mol. The molecule has 120 valence electrons. The minimum absolute atomic E-state index is 0. The van der Waals surface area contributed by atoms with Crippen LogP contribution in [0.1, 0.15) is 0 Å². The normalized spacial score (nSPS) is 18.2. The summed E-state index contributed by atoms with van der Waals surface area (Å²) < 4.78 is 0. The van der Waals surface area contributed by atoms with Gasteiger partial charge in [-0.2, -0.15) is 20.4 Å². The number of aliphatic hydroxyl groups is 4. The van der Waals surface area contributed by atoms with Crippen molar-refractivity contribution in [3.05, 3.63) is 0 Å². The molecule has 3 atom stereocenters. The van der Waals surface area contributed by atoms with Gasteiger partial charge in [-0.3, -0.25) is 0 Å². The van der Waals surface area contributed by atoms with Crippen molar-refractivity contribution < 1.29 is 37.5 Å². The molecule has 0 aliphatic rings.